The number of carbonyl (C=O) groups excluding carboxylic acids is 2. The Morgan fingerprint density at radius 2 is 1.83 bits per heavy atom. The summed E-state index contributed by atoms with van der Waals surface area (Å²) in [5.74, 6) is -0.625. The molecule has 4 amide bonds. The number of primary amides is 1. The van der Waals surface area contributed by atoms with E-state index in [0.29, 0.717) is 12.5 Å². The zero-order chi connectivity index (χ0) is 13.5. The van der Waals surface area contributed by atoms with Crippen molar-refractivity contribution < 1.29 is 19.5 Å². The van der Waals surface area contributed by atoms with Crippen LogP contribution in [-0.2, 0) is 4.79 Å². The highest BCUT2D eigenvalue weighted by Crippen LogP contribution is 2.29. The first kappa shape index (κ1) is 14.1. The van der Waals surface area contributed by atoms with Crippen molar-refractivity contribution in [3.05, 3.63) is 0 Å². The second kappa shape index (κ2) is 6.67. The van der Waals surface area contributed by atoms with Gasteiger partial charge in [0.05, 0.1) is 0 Å². The first-order valence-electron chi connectivity index (χ1n) is 5.77. The fourth-order valence-electron chi connectivity index (χ4n) is 1.46. The minimum Gasteiger partial charge on any atom is -0.480 e. The Hall–Kier alpha value is -1.99. The van der Waals surface area contributed by atoms with E-state index in [1.165, 1.54) is 4.90 Å². The summed E-state index contributed by atoms with van der Waals surface area (Å²) in [5, 5.41) is 13.6. The average Bonchev–Trinajstić information content (AvgIpc) is 3.06. The summed E-state index contributed by atoms with van der Waals surface area (Å²) in [6, 6.07) is -1.10. The average molecular weight is 258 g/mol. The van der Waals surface area contributed by atoms with Gasteiger partial charge >= 0.3 is 18.0 Å². The Bertz CT molecular complexity index is 330. The Kier molecular flexibility index (Phi) is 5.22. The van der Waals surface area contributed by atoms with Gasteiger partial charge in [-0.1, -0.05) is 0 Å². The first-order valence-corrected chi connectivity index (χ1v) is 5.77. The van der Waals surface area contributed by atoms with Gasteiger partial charge in [-0.25, -0.2) is 9.59 Å². The van der Waals surface area contributed by atoms with E-state index < -0.39 is 18.0 Å². The summed E-state index contributed by atoms with van der Waals surface area (Å²) in [7, 11) is 0. The van der Waals surface area contributed by atoms with E-state index in [-0.39, 0.29) is 19.6 Å². The maximum absolute atomic E-state index is 11.7. The van der Waals surface area contributed by atoms with E-state index in [1.807, 2.05) is 0 Å². The molecule has 0 unspecified atom stereocenters. The van der Waals surface area contributed by atoms with Crippen LogP contribution in [0.3, 0.4) is 0 Å². The van der Waals surface area contributed by atoms with Crippen LogP contribution in [0.4, 0.5) is 9.59 Å². The zero-order valence-corrected chi connectivity index (χ0v) is 10.0. The number of rotatable bonds is 7. The number of nitrogens with two attached hydrogens (primary N) is 1. The number of urea groups is 2. The molecular weight excluding hydrogens is 240 g/mol. The topological polar surface area (TPSA) is 125 Å². The number of nitrogens with one attached hydrogen (secondary N) is 2. The summed E-state index contributed by atoms with van der Waals surface area (Å²) >= 11 is 0. The quantitative estimate of drug-likeness (QED) is 0.444. The standard InChI is InChI=1S/C10H18N4O4/c11-9(17)12-3-4-13-10(18)14(6-8(15)16)5-7-1-2-7/h7H,1-6H2,(H,13,18)(H,15,16)(H3,11,12,17). The van der Waals surface area contributed by atoms with Crippen molar-refractivity contribution in [3.63, 3.8) is 0 Å². The molecule has 0 aromatic carbocycles. The Morgan fingerprint density at radius 1 is 1.22 bits per heavy atom. The van der Waals surface area contributed by atoms with Crippen molar-refractivity contribution in [2.75, 3.05) is 26.2 Å². The van der Waals surface area contributed by atoms with Crippen LogP contribution in [0.2, 0.25) is 0 Å². The summed E-state index contributed by atoms with van der Waals surface area (Å²) in [6.07, 6.45) is 2.07. The molecule has 5 N–H and O–H groups in total. The van der Waals surface area contributed by atoms with Crippen LogP contribution >= 0.6 is 0 Å². The molecule has 8 nitrogen and oxygen atoms in total. The van der Waals surface area contributed by atoms with Crippen LogP contribution < -0.4 is 16.4 Å². The molecule has 8 heteroatoms. The molecule has 1 fully saturated rings. The number of amides is 4. The van der Waals surface area contributed by atoms with Gasteiger partial charge in [0, 0.05) is 19.6 Å². The maximum Gasteiger partial charge on any atom is 0.323 e. The van der Waals surface area contributed by atoms with Gasteiger partial charge in [0.1, 0.15) is 6.54 Å². The van der Waals surface area contributed by atoms with Gasteiger partial charge < -0.3 is 26.4 Å². The summed E-state index contributed by atoms with van der Waals surface area (Å²) in [6.45, 7) is 0.570. The molecule has 0 radical (unpaired) electrons. The molecule has 18 heavy (non-hydrogen) atoms. The molecule has 102 valence electrons. The molecule has 0 saturated heterocycles. The normalized spacial score (nSPS) is 13.8. The van der Waals surface area contributed by atoms with E-state index in [0.717, 1.165) is 12.8 Å². The minimum absolute atomic E-state index is 0.211. The third-order valence-corrected chi connectivity index (χ3v) is 2.49. The molecule has 1 aliphatic rings. The molecule has 1 saturated carbocycles. The molecule has 0 aliphatic heterocycles. The van der Waals surface area contributed by atoms with Gasteiger partial charge in [-0.3, -0.25) is 4.79 Å². The van der Waals surface area contributed by atoms with Crippen molar-refractivity contribution >= 4 is 18.0 Å². The van der Waals surface area contributed by atoms with Crippen molar-refractivity contribution in [3.8, 4) is 0 Å². The fourth-order valence-corrected chi connectivity index (χ4v) is 1.46. The summed E-state index contributed by atoms with van der Waals surface area (Å²) in [4.78, 5) is 34.0. The third kappa shape index (κ3) is 5.92. The SMILES string of the molecule is NC(=O)NCCNC(=O)N(CC(=O)O)CC1CC1. The summed E-state index contributed by atoms with van der Waals surface area (Å²) in [5.41, 5.74) is 4.86. The largest absolute Gasteiger partial charge is 0.480 e. The van der Waals surface area contributed by atoms with Crippen molar-refractivity contribution in [2.45, 2.75) is 12.8 Å². The van der Waals surface area contributed by atoms with E-state index in [2.05, 4.69) is 10.6 Å². The smallest absolute Gasteiger partial charge is 0.323 e. The number of carbonyl (C=O) groups is 3. The first-order chi connectivity index (χ1) is 8.49. The number of hydrogen-bond donors (Lipinski definition) is 4. The molecule has 1 aliphatic carbocycles. The van der Waals surface area contributed by atoms with Crippen LogP contribution in [0, 0.1) is 5.92 Å². The third-order valence-electron chi connectivity index (χ3n) is 2.49. The minimum atomic E-state index is -1.04. The van der Waals surface area contributed by atoms with Crippen LogP contribution in [0.15, 0.2) is 0 Å². The molecule has 0 aromatic heterocycles. The molecular formula is C10H18N4O4. The lowest BCUT2D eigenvalue weighted by molar-refractivity contribution is -0.137. The van der Waals surface area contributed by atoms with Crippen molar-refractivity contribution in [1.29, 1.82) is 0 Å². The molecule has 0 atom stereocenters. The molecule has 0 aromatic rings. The summed E-state index contributed by atoms with van der Waals surface area (Å²) < 4.78 is 0. The van der Waals surface area contributed by atoms with E-state index >= 15 is 0 Å². The molecule has 0 heterocycles. The number of carboxylic acid groups (broad SMARTS) is 1. The zero-order valence-electron chi connectivity index (χ0n) is 10.0. The lowest BCUT2D eigenvalue weighted by Crippen LogP contribution is -2.46. The van der Waals surface area contributed by atoms with Crippen molar-refractivity contribution in [2.24, 2.45) is 11.7 Å². The lowest BCUT2D eigenvalue weighted by atomic mass is 10.3. The highest BCUT2D eigenvalue weighted by Gasteiger charge is 2.27. The molecule has 1 rings (SSSR count). The van der Waals surface area contributed by atoms with Gasteiger partial charge in [0.25, 0.3) is 0 Å². The maximum atomic E-state index is 11.7. The predicted octanol–water partition coefficient (Wildman–Crippen LogP) is -0.839. The Balaban J connectivity index is 2.28. The second-order valence-corrected chi connectivity index (χ2v) is 4.24. The van der Waals surface area contributed by atoms with Gasteiger partial charge in [-0.2, -0.15) is 0 Å². The highest BCUT2D eigenvalue weighted by molar-refractivity contribution is 5.80. The number of hydrogen-bond acceptors (Lipinski definition) is 3. The number of carboxylic acids is 1. The van der Waals surface area contributed by atoms with E-state index in [4.69, 9.17) is 10.8 Å². The van der Waals surface area contributed by atoms with Crippen LogP contribution in [0.5, 0.6) is 0 Å². The number of aliphatic carboxylic acids is 1. The predicted molar refractivity (Wildman–Crippen MR) is 62.9 cm³/mol. The fraction of sp³-hybridized carbons (Fsp3) is 0.700. The van der Waals surface area contributed by atoms with Gasteiger partial charge in [0.15, 0.2) is 0 Å². The molecule has 0 bridgehead atoms. The molecule has 0 spiro atoms. The lowest BCUT2D eigenvalue weighted by Gasteiger charge is -2.21. The van der Waals surface area contributed by atoms with Gasteiger partial charge in [-0.15, -0.1) is 0 Å². The Labute approximate surface area is 104 Å². The monoisotopic (exact) mass is 258 g/mol. The van der Waals surface area contributed by atoms with E-state index in [1.54, 1.807) is 0 Å². The van der Waals surface area contributed by atoms with Gasteiger partial charge in [0.2, 0.25) is 0 Å². The Morgan fingerprint density at radius 3 is 2.33 bits per heavy atom. The highest BCUT2D eigenvalue weighted by atomic mass is 16.4. The van der Waals surface area contributed by atoms with Crippen LogP contribution in [-0.4, -0.2) is 54.2 Å². The van der Waals surface area contributed by atoms with Crippen LogP contribution in [0.25, 0.3) is 0 Å². The van der Waals surface area contributed by atoms with Crippen LogP contribution in [0.1, 0.15) is 12.8 Å². The van der Waals surface area contributed by atoms with E-state index in [9.17, 15) is 14.4 Å². The van der Waals surface area contributed by atoms with Gasteiger partial charge in [-0.05, 0) is 18.8 Å². The second-order valence-electron chi connectivity index (χ2n) is 4.24. The van der Waals surface area contributed by atoms with Crippen molar-refractivity contribution in [1.82, 2.24) is 15.5 Å². The number of nitrogens with zero attached hydrogens (tertiary/aromatic N) is 1.